The Morgan fingerprint density at radius 3 is 1.81 bits per heavy atom. The monoisotopic (exact) mass is 302 g/mol. The summed E-state index contributed by atoms with van der Waals surface area (Å²) < 4.78 is 10.4. The largest absolute Gasteiger partial charge is 0.481 e. The first kappa shape index (κ1) is 19.4. The SMILES string of the molecule is CC(C)(C)OC(=O)C[C@H](CCC(=O)O)C(=O)OC(C)(C)C. The molecule has 0 amide bonds. The van der Waals surface area contributed by atoms with Gasteiger partial charge in [0.25, 0.3) is 0 Å². The van der Waals surface area contributed by atoms with Crippen LogP contribution in [-0.2, 0) is 23.9 Å². The van der Waals surface area contributed by atoms with Gasteiger partial charge in [-0.3, -0.25) is 14.4 Å². The Bertz CT molecular complexity index is 386. The van der Waals surface area contributed by atoms with Crippen molar-refractivity contribution in [2.75, 3.05) is 0 Å². The van der Waals surface area contributed by atoms with E-state index in [1.54, 1.807) is 41.5 Å². The molecule has 0 saturated heterocycles. The van der Waals surface area contributed by atoms with Crippen LogP contribution in [0.5, 0.6) is 0 Å². The molecule has 0 rings (SSSR count). The van der Waals surface area contributed by atoms with Crippen molar-refractivity contribution in [3.05, 3.63) is 0 Å². The summed E-state index contributed by atoms with van der Waals surface area (Å²) in [4.78, 5) is 34.5. The zero-order chi connectivity index (χ0) is 16.8. The van der Waals surface area contributed by atoms with Gasteiger partial charge in [-0.15, -0.1) is 0 Å². The maximum atomic E-state index is 12.0. The Hall–Kier alpha value is -1.59. The van der Waals surface area contributed by atoms with Crippen molar-refractivity contribution in [1.82, 2.24) is 0 Å². The first-order valence-electron chi connectivity index (χ1n) is 6.96. The fourth-order valence-electron chi connectivity index (χ4n) is 1.57. The molecule has 1 atom stereocenters. The smallest absolute Gasteiger partial charge is 0.310 e. The van der Waals surface area contributed by atoms with Crippen LogP contribution in [0, 0.1) is 5.92 Å². The van der Waals surface area contributed by atoms with Crippen molar-refractivity contribution in [1.29, 1.82) is 0 Å². The number of ether oxygens (including phenoxy) is 2. The number of carboxylic acids is 1. The zero-order valence-electron chi connectivity index (χ0n) is 13.7. The first-order valence-corrected chi connectivity index (χ1v) is 6.96. The number of hydrogen-bond donors (Lipinski definition) is 1. The van der Waals surface area contributed by atoms with Crippen LogP contribution < -0.4 is 0 Å². The third-order valence-corrected chi connectivity index (χ3v) is 2.28. The summed E-state index contributed by atoms with van der Waals surface area (Å²) in [6.07, 6.45) is -0.338. The van der Waals surface area contributed by atoms with Gasteiger partial charge in [-0.1, -0.05) is 0 Å². The summed E-state index contributed by atoms with van der Waals surface area (Å²) in [6.45, 7) is 10.3. The molecule has 0 radical (unpaired) electrons. The number of carboxylic acid groups (broad SMARTS) is 1. The van der Waals surface area contributed by atoms with Gasteiger partial charge < -0.3 is 14.6 Å². The van der Waals surface area contributed by atoms with Crippen LogP contribution in [0.15, 0.2) is 0 Å². The highest BCUT2D eigenvalue weighted by molar-refractivity contribution is 5.81. The van der Waals surface area contributed by atoms with Gasteiger partial charge in [0.2, 0.25) is 0 Å². The highest BCUT2D eigenvalue weighted by Crippen LogP contribution is 2.20. The molecule has 0 aromatic carbocycles. The number of esters is 2. The Labute approximate surface area is 125 Å². The Balaban J connectivity index is 4.77. The third-order valence-electron chi connectivity index (χ3n) is 2.28. The lowest BCUT2D eigenvalue weighted by Gasteiger charge is -2.25. The minimum absolute atomic E-state index is 0.0451. The van der Waals surface area contributed by atoms with Crippen LogP contribution in [0.25, 0.3) is 0 Å². The summed E-state index contributed by atoms with van der Waals surface area (Å²) in [5.41, 5.74) is -1.34. The lowest BCUT2D eigenvalue weighted by Crippen LogP contribution is -2.32. The minimum Gasteiger partial charge on any atom is -0.481 e. The Kier molecular flexibility index (Phi) is 6.86. The van der Waals surface area contributed by atoms with Crippen LogP contribution in [0.2, 0.25) is 0 Å². The molecule has 0 bridgehead atoms. The van der Waals surface area contributed by atoms with E-state index in [1.807, 2.05) is 0 Å². The van der Waals surface area contributed by atoms with Crippen molar-refractivity contribution < 1.29 is 29.0 Å². The predicted octanol–water partition coefficient (Wildman–Crippen LogP) is 2.54. The molecule has 21 heavy (non-hydrogen) atoms. The standard InChI is InChI=1S/C15H26O6/c1-14(2,3)20-12(18)9-10(7-8-11(16)17)13(19)21-15(4,5)6/h10H,7-9H2,1-6H3,(H,16,17)/t10-/m0/s1. The molecule has 0 aromatic heterocycles. The van der Waals surface area contributed by atoms with Crippen LogP contribution >= 0.6 is 0 Å². The molecule has 0 spiro atoms. The molecule has 0 aliphatic rings. The second kappa shape index (κ2) is 7.43. The summed E-state index contributed by atoms with van der Waals surface area (Å²) in [5.74, 6) is -2.94. The van der Waals surface area contributed by atoms with Gasteiger partial charge >= 0.3 is 17.9 Å². The van der Waals surface area contributed by atoms with E-state index in [9.17, 15) is 14.4 Å². The van der Waals surface area contributed by atoms with E-state index < -0.39 is 35.0 Å². The van der Waals surface area contributed by atoms with E-state index in [-0.39, 0.29) is 19.3 Å². The highest BCUT2D eigenvalue weighted by Gasteiger charge is 2.29. The minimum atomic E-state index is -1.02. The van der Waals surface area contributed by atoms with Gasteiger partial charge in [-0.25, -0.2) is 0 Å². The second-order valence-electron chi connectivity index (χ2n) is 6.95. The van der Waals surface area contributed by atoms with Crippen molar-refractivity contribution in [2.24, 2.45) is 5.92 Å². The zero-order valence-corrected chi connectivity index (χ0v) is 13.7. The molecule has 122 valence electrons. The molecule has 0 aromatic rings. The molecular formula is C15H26O6. The van der Waals surface area contributed by atoms with Gasteiger partial charge in [0.05, 0.1) is 12.3 Å². The summed E-state index contributed by atoms with van der Waals surface area (Å²) in [5, 5.41) is 8.73. The quantitative estimate of drug-likeness (QED) is 0.758. The van der Waals surface area contributed by atoms with E-state index in [0.717, 1.165) is 0 Å². The van der Waals surface area contributed by atoms with Crippen LogP contribution in [0.4, 0.5) is 0 Å². The highest BCUT2D eigenvalue weighted by atomic mass is 16.6. The fourth-order valence-corrected chi connectivity index (χ4v) is 1.57. The second-order valence-corrected chi connectivity index (χ2v) is 6.95. The number of carbonyl (C=O) groups is 3. The van der Waals surface area contributed by atoms with E-state index in [4.69, 9.17) is 14.6 Å². The van der Waals surface area contributed by atoms with E-state index in [2.05, 4.69) is 0 Å². The van der Waals surface area contributed by atoms with Gasteiger partial charge in [0.1, 0.15) is 11.2 Å². The topological polar surface area (TPSA) is 89.9 Å². The lowest BCUT2D eigenvalue weighted by molar-refractivity contribution is -0.167. The number of hydrogen-bond acceptors (Lipinski definition) is 5. The van der Waals surface area contributed by atoms with E-state index in [0.29, 0.717) is 0 Å². The molecule has 0 fully saturated rings. The third kappa shape index (κ3) is 10.8. The van der Waals surface area contributed by atoms with Crippen LogP contribution in [0.1, 0.15) is 60.8 Å². The molecule has 0 aliphatic carbocycles. The van der Waals surface area contributed by atoms with Crippen molar-refractivity contribution in [3.8, 4) is 0 Å². The predicted molar refractivity (Wildman–Crippen MR) is 76.7 cm³/mol. The normalized spacial score (nSPS) is 13.4. The molecule has 6 nitrogen and oxygen atoms in total. The lowest BCUT2D eigenvalue weighted by atomic mass is 9.99. The maximum absolute atomic E-state index is 12.0. The van der Waals surface area contributed by atoms with Gasteiger partial charge in [-0.05, 0) is 48.0 Å². The van der Waals surface area contributed by atoms with Crippen LogP contribution in [0.3, 0.4) is 0 Å². The summed E-state index contributed by atoms with van der Waals surface area (Å²) in [7, 11) is 0. The maximum Gasteiger partial charge on any atom is 0.310 e. The summed E-state index contributed by atoms with van der Waals surface area (Å²) in [6, 6.07) is 0. The van der Waals surface area contributed by atoms with E-state index in [1.165, 1.54) is 0 Å². The van der Waals surface area contributed by atoms with Crippen LogP contribution in [-0.4, -0.2) is 34.2 Å². The Morgan fingerprint density at radius 2 is 1.43 bits per heavy atom. The molecule has 0 unspecified atom stereocenters. The van der Waals surface area contributed by atoms with Crippen molar-refractivity contribution >= 4 is 17.9 Å². The van der Waals surface area contributed by atoms with Crippen molar-refractivity contribution in [2.45, 2.75) is 72.0 Å². The molecule has 0 saturated carbocycles. The van der Waals surface area contributed by atoms with Gasteiger partial charge in [0.15, 0.2) is 0 Å². The molecule has 6 heteroatoms. The number of carbonyl (C=O) groups excluding carboxylic acids is 2. The molecule has 0 aliphatic heterocycles. The van der Waals surface area contributed by atoms with Crippen molar-refractivity contribution in [3.63, 3.8) is 0 Å². The fraction of sp³-hybridized carbons (Fsp3) is 0.800. The van der Waals surface area contributed by atoms with E-state index >= 15 is 0 Å². The Morgan fingerprint density at radius 1 is 0.952 bits per heavy atom. The molecule has 0 heterocycles. The van der Waals surface area contributed by atoms with Gasteiger partial charge in [0, 0.05) is 6.42 Å². The first-order chi connectivity index (χ1) is 9.30. The average molecular weight is 302 g/mol. The number of rotatable bonds is 6. The molecule has 1 N–H and O–H groups in total. The molecular weight excluding hydrogens is 276 g/mol. The average Bonchev–Trinajstić information content (AvgIpc) is 2.18. The summed E-state index contributed by atoms with van der Waals surface area (Å²) >= 11 is 0. The number of aliphatic carboxylic acids is 1. The van der Waals surface area contributed by atoms with Gasteiger partial charge in [-0.2, -0.15) is 0 Å².